The zero-order valence-electron chi connectivity index (χ0n) is 62.9. The van der Waals surface area contributed by atoms with Crippen molar-refractivity contribution in [2.75, 3.05) is 0 Å². The first-order chi connectivity index (χ1) is 57.4. The second-order valence-electron chi connectivity index (χ2n) is 30.1. The minimum absolute atomic E-state index is 0.446. The number of nitriles is 2. The summed E-state index contributed by atoms with van der Waals surface area (Å²) in [4.78, 5) is 0. The van der Waals surface area contributed by atoms with Crippen LogP contribution in [0.5, 0.6) is 0 Å². The van der Waals surface area contributed by atoms with E-state index in [4.69, 9.17) is 0 Å². The van der Waals surface area contributed by atoms with E-state index in [1.165, 1.54) is 0 Å². The molecule has 0 N–H and O–H groups in total. The van der Waals surface area contributed by atoms with Crippen molar-refractivity contribution in [2.24, 2.45) is 0 Å². The van der Waals surface area contributed by atoms with E-state index >= 15 is 0 Å². The second-order valence-corrected chi connectivity index (χ2v) is 30.1. The summed E-state index contributed by atoms with van der Waals surface area (Å²) in [6.07, 6.45) is 0. The van der Waals surface area contributed by atoms with Crippen LogP contribution in [0, 0.1) is 22.7 Å². The Balaban J connectivity index is 0.895. The SMILES string of the molecule is N#Cc1cc(-c2cc(C#N)c(-n3c4ccc(-c5ccccc5)cc4c4cc(-c5ccccc5)ccc43)cc2-n2c3ccc(-c4ccccc4)cc3c3cc(-c4ccccc4)ccc32)c(-n2c3ccc(-c4ccccc4)cc3c3cc(-c4ccccc4)ccc32)cc1-n1c2ccc(-c3ccccc3)cc2c2cc(-c3ccccc3)ccc21. The van der Waals surface area contributed by atoms with Crippen LogP contribution in [-0.4, -0.2) is 18.3 Å². The largest absolute Gasteiger partial charge is 0.309 e. The number of aromatic nitrogens is 4. The summed E-state index contributed by atoms with van der Waals surface area (Å²) in [5.74, 6) is 0. The molecule has 0 saturated heterocycles. The molecule has 0 aliphatic heterocycles. The molecule has 0 amide bonds. The van der Waals surface area contributed by atoms with Crippen molar-refractivity contribution in [3.05, 3.63) is 424 Å². The highest BCUT2D eigenvalue weighted by Gasteiger charge is 2.29. The second kappa shape index (κ2) is 27.6. The van der Waals surface area contributed by atoms with Gasteiger partial charge in [0.05, 0.1) is 78.0 Å². The van der Waals surface area contributed by atoms with Crippen LogP contribution in [0.2, 0.25) is 0 Å². The third-order valence-electron chi connectivity index (χ3n) is 23.6. The van der Waals surface area contributed by atoms with Gasteiger partial charge in [-0.3, -0.25) is 0 Å². The number of hydrogen-bond donors (Lipinski definition) is 0. The average molecular weight is 1470 g/mol. The normalized spacial score (nSPS) is 11.6. The van der Waals surface area contributed by atoms with Gasteiger partial charge in [-0.25, -0.2) is 0 Å². The maximum Gasteiger partial charge on any atom is 0.101 e. The molecule has 4 aromatic heterocycles. The smallest absolute Gasteiger partial charge is 0.101 e. The van der Waals surface area contributed by atoms with Crippen LogP contribution in [0.3, 0.4) is 0 Å². The molecular formula is C110H68N6. The monoisotopic (exact) mass is 1470 g/mol. The molecule has 116 heavy (non-hydrogen) atoms. The van der Waals surface area contributed by atoms with E-state index in [0.717, 1.165) is 199 Å². The average Bonchev–Trinajstić information content (AvgIpc) is 1.55. The summed E-state index contributed by atoms with van der Waals surface area (Å²) >= 11 is 0. The molecule has 6 heteroatoms. The minimum Gasteiger partial charge on any atom is -0.309 e. The molecule has 0 radical (unpaired) electrons. The van der Waals surface area contributed by atoms with Crippen molar-refractivity contribution in [3.63, 3.8) is 0 Å². The van der Waals surface area contributed by atoms with Gasteiger partial charge in [-0.2, -0.15) is 10.5 Å². The van der Waals surface area contributed by atoms with Crippen LogP contribution in [0.25, 0.3) is 210 Å². The first-order valence-electron chi connectivity index (χ1n) is 39.4. The summed E-state index contributed by atoms with van der Waals surface area (Å²) in [7, 11) is 0. The fourth-order valence-corrected chi connectivity index (χ4v) is 18.1. The van der Waals surface area contributed by atoms with Crippen LogP contribution in [0.1, 0.15) is 11.1 Å². The van der Waals surface area contributed by atoms with Crippen molar-refractivity contribution in [1.29, 1.82) is 10.5 Å². The van der Waals surface area contributed by atoms with Gasteiger partial charge in [0.15, 0.2) is 0 Å². The summed E-state index contributed by atoms with van der Waals surface area (Å²) in [5.41, 5.74) is 30.7. The number of fused-ring (bicyclic) bond motifs is 12. The van der Waals surface area contributed by atoms with Gasteiger partial charge >= 0.3 is 0 Å². The third-order valence-corrected chi connectivity index (χ3v) is 23.6. The van der Waals surface area contributed by atoms with E-state index < -0.39 is 0 Å². The molecular weight excluding hydrogens is 1410 g/mol. The van der Waals surface area contributed by atoms with Crippen molar-refractivity contribution in [1.82, 2.24) is 18.3 Å². The van der Waals surface area contributed by atoms with Crippen LogP contribution in [0.15, 0.2) is 413 Å². The van der Waals surface area contributed by atoms with E-state index in [1.54, 1.807) is 0 Å². The summed E-state index contributed by atoms with van der Waals surface area (Å²) < 4.78 is 9.49. The Kier molecular flexibility index (Phi) is 15.9. The van der Waals surface area contributed by atoms with E-state index in [1.807, 2.05) is 0 Å². The van der Waals surface area contributed by atoms with Crippen molar-refractivity contribution >= 4 is 87.2 Å². The molecule has 0 fully saturated rings. The highest BCUT2D eigenvalue weighted by Crippen LogP contribution is 2.49. The van der Waals surface area contributed by atoms with Crippen molar-refractivity contribution in [2.45, 2.75) is 0 Å². The maximum atomic E-state index is 12.6. The quantitative estimate of drug-likeness (QED) is 0.115. The number of hydrogen-bond acceptors (Lipinski definition) is 2. The fraction of sp³-hybridized carbons (Fsp3) is 0. The topological polar surface area (TPSA) is 67.3 Å². The Morgan fingerprint density at radius 2 is 0.302 bits per heavy atom. The lowest BCUT2D eigenvalue weighted by molar-refractivity contribution is 1.11. The van der Waals surface area contributed by atoms with Gasteiger partial charge < -0.3 is 18.3 Å². The predicted octanol–water partition coefficient (Wildman–Crippen LogP) is 28.8. The van der Waals surface area contributed by atoms with Crippen LogP contribution < -0.4 is 0 Å². The van der Waals surface area contributed by atoms with Gasteiger partial charge in [-0.15, -0.1) is 0 Å². The number of rotatable bonds is 13. The molecule has 0 spiro atoms. The van der Waals surface area contributed by atoms with E-state index in [-0.39, 0.29) is 0 Å². The van der Waals surface area contributed by atoms with E-state index in [0.29, 0.717) is 22.5 Å². The molecule has 538 valence electrons. The Morgan fingerprint density at radius 1 is 0.147 bits per heavy atom. The molecule has 0 atom stereocenters. The molecule has 0 unspecified atom stereocenters. The van der Waals surface area contributed by atoms with Gasteiger partial charge in [0.2, 0.25) is 0 Å². The molecule has 4 heterocycles. The molecule has 0 aliphatic rings. The van der Waals surface area contributed by atoms with Gasteiger partial charge in [0.1, 0.15) is 12.1 Å². The summed E-state index contributed by atoms with van der Waals surface area (Å²) in [6, 6.07) is 154. The van der Waals surface area contributed by atoms with Gasteiger partial charge in [-0.05, 0) is 210 Å². The summed E-state index contributed by atoms with van der Waals surface area (Å²) in [5, 5.41) is 33.6. The van der Waals surface area contributed by atoms with Gasteiger partial charge in [0, 0.05) is 54.2 Å². The molecule has 0 saturated carbocycles. The lowest BCUT2D eigenvalue weighted by Gasteiger charge is -2.23. The van der Waals surface area contributed by atoms with Crippen LogP contribution in [-0.2, 0) is 0 Å². The zero-order chi connectivity index (χ0) is 76.9. The predicted molar refractivity (Wildman–Crippen MR) is 482 cm³/mol. The zero-order valence-corrected chi connectivity index (χ0v) is 62.9. The lowest BCUT2D eigenvalue weighted by atomic mass is 9.94. The van der Waals surface area contributed by atoms with Crippen LogP contribution >= 0.6 is 0 Å². The van der Waals surface area contributed by atoms with Crippen LogP contribution in [0.4, 0.5) is 0 Å². The molecule has 6 nitrogen and oxygen atoms in total. The van der Waals surface area contributed by atoms with E-state index in [9.17, 15) is 10.5 Å². The van der Waals surface area contributed by atoms with E-state index in [2.05, 4.69) is 443 Å². The first-order valence-corrected chi connectivity index (χ1v) is 39.4. The Bertz CT molecular complexity index is 6930. The lowest BCUT2D eigenvalue weighted by Crippen LogP contribution is -2.08. The molecule has 18 aromatic carbocycles. The van der Waals surface area contributed by atoms with Crippen molar-refractivity contribution < 1.29 is 0 Å². The summed E-state index contributed by atoms with van der Waals surface area (Å²) in [6.45, 7) is 0. The molecule has 22 aromatic rings. The first kappa shape index (κ1) is 67.1. The minimum atomic E-state index is 0.446. The number of nitrogens with zero attached hydrogens (tertiary/aromatic N) is 6. The highest BCUT2D eigenvalue weighted by atomic mass is 15.0. The Labute approximate surface area is 670 Å². The molecule has 0 bridgehead atoms. The molecule has 22 rings (SSSR count). The highest BCUT2D eigenvalue weighted by molar-refractivity contribution is 6.17. The standard InChI is InChI=1S/C110H68N6/c111-69-87-65-97(109(115-103-53-45-83(75-33-17-5-18-34-75)61-93(103)94-62-84(46-54-104(94)115)76-35-19-6-20-36-76)67-107(87)113-99-49-41-79(71-25-9-1-10-26-71)57-89(99)90-58-80(42-50-100(90)113)72-27-11-2-12-28-72)98-66-88(70-112)108(114-101-51-43-81(73-29-13-3-14-30-73)59-91(101)92-60-82(44-52-102(92)114)74-31-15-4-16-32-74)68-110(98)116-105-55-47-85(77-37-21-7-22-38-77)63-95(105)96-64-86(48-56-106(96)116)78-39-23-8-24-40-78/h1-68H. The Morgan fingerprint density at radius 3 is 0.457 bits per heavy atom. The third kappa shape index (κ3) is 11.2. The molecule has 0 aliphatic carbocycles. The Hall–Kier alpha value is -15.9. The maximum absolute atomic E-state index is 12.6. The fourth-order valence-electron chi connectivity index (χ4n) is 18.1. The van der Waals surface area contributed by atoms with Gasteiger partial charge in [-0.1, -0.05) is 291 Å². The number of benzene rings is 18. The van der Waals surface area contributed by atoms with Gasteiger partial charge in [0.25, 0.3) is 0 Å². The van der Waals surface area contributed by atoms with Crippen molar-refractivity contribution in [3.8, 4) is 135 Å².